The number of aliphatic hydroxyl groups excluding tert-OH is 1. The SMILES string of the molecule is CC(=O)N1CCC[C@H]1C(=O)N[C@@H](CC(C)C)C(=O)N[C@@H](Cc1cncn1CCCCCCO/N=C/c1c(C)nn(-c2ccccc2Cl)c1Cl)C(=O)N[C@@H](CO)C(=O)N[C@H](C(N)=O)[C@@H](C)OP(=O)(O)O. The molecule has 0 bridgehead atoms. The van der Waals surface area contributed by atoms with Gasteiger partial charge in [0.2, 0.25) is 35.4 Å². The molecule has 0 unspecified atom stereocenters. The summed E-state index contributed by atoms with van der Waals surface area (Å²) in [4.78, 5) is 109. The highest BCUT2D eigenvalue weighted by atomic mass is 35.5. The van der Waals surface area contributed by atoms with E-state index in [0.29, 0.717) is 78.2 Å². The van der Waals surface area contributed by atoms with Crippen LogP contribution in [0.5, 0.6) is 0 Å². The lowest BCUT2D eigenvalue weighted by Crippen LogP contribution is -2.61. The summed E-state index contributed by atoms with van der Waals surface area (Å²) in [6.45, 7) is 8.07. The van der Waals surface area contributed by atoms with Crippen molar-refractivity contribution in [2.24, 2.45) is 16.8 Å². The molecule has 2 aromatic heterocycles. The van der Waals surface area contributed by atoms with E-state index >= 15 is 0 Å². The van der Waals surface area contributed by atoms with Crippen molar-refractivity contribution < 1.29 is 57.6 Å². The fourth-order valence-corrected chi connectivity index (χ4v) is 8.69. The van der Waals surface area contributed by atoms with Gasteiger partial charge in [0.1, 0.15) is 42.0 Å². The number of nitrogens with one attached hydrogen (secondary N) is 4. The van der Waals surface area contributed by atoms with Gasteiger partial charge in [-0.05, 0) is 70.4 Å². The molecule has 1 aliphatic rings. The zero-order valence-electron chi connectivity index (χ0n) is 39.0. The number of carbonyl (C=O) groups excluding carboxylic acids is 6. The van der Waals surface area contributed by atoms with Gasteiger partial charge in [-0.25, -0.2) is 14.2 Å². The van der Waals surface area contributed by atoms with E-state index in [1.54, 1.807) is 30.0 Å². The van der Waals surface area contributed by atoms with Gasteiger partial charge in [-0.3, -0.25) is 33.3 Å². The third-order valence-electron chi connectivity index (χ3n) is 11.1. The number of phosphoric acid groups is 1. The Morgan fingerprint density at radius 3 is 2.29 bits per heavy atom. The number of primary amides is 1. The minimum atomic E-state index is -5.13. The second kappa shape index (κ2) is 26.5. The summed E-state index contributed by atoms with van der Waals surface area (Å²) in [6.07, 6.45) is 6.85. The molecule has 1 saturated heterocycles. The van der Waals surface area contributed by atoms with E-state index in [-0.39, 0.29) is 24.7 Å². The Hall–Kier alpha value is -5.42. The number of likely N-dealkylation sites (tertiary alicyclic amines) is 1. The number of rotatable bonds is 27. The highest BCUT2D eigenvalue weighted by molar-refractivity contribution is 7.46. The standard InChI is InChI=1S/C43H62Cl2N11O12P/c1-25(2)19-32(50-43(63)36-15-12-17-55(36)28(5)58)40(60)49-33(41(61)51-34(23-57)42(62)52-37(39(46)59)27(4)68-69(64,65)66)20-29-21-47-24-54(29)16-10-6-7-11-18-67-48-22-30-26(3)53-56(38(30)45)35-14-9-8-13-31(35)44/h8-9,13-14,21-22,24-25,27,32-34,36-37,57H,6-7,10-12,15-20,23H2,1-5H3,(H2,46,59)(H,49,60)(H,50,63)(H,51,61)(H,52,62)(H2,64,65,66)/b48-22+/t27-,32+,33+,34+,36+,37+/m1/s1. The Morgan fingerprint density at radius 2 is 1.64 bits per heavy atom. The first-order valence-electron chi connectivity index (χ1n) is 22.4. The van der Waals surface area contributed by atoms with Crippen LogP contribution in [0.2, 0.25) is 10.2 Å². The van der Waals surface area contributed by atoms with Crippen molar-refractivity contribution in [3.63, 3.8) is 0 Å². The van der Waals surface area contributed by atoms with Crippen LogP contribution in [0.25, 0.3) is 5.69 Å². The number of aliphatic hydroxyl groups is 1. The van der Waals surface area contributed by atoms with Gasteiger partial charge in [-0.2, -0.15) is 5.10 Å². The highest BCUT2D eigenvalue weighted by Crippen LogP contribution is 2.38. The number of amides is 6. The maximum Gasteiger partial charge on any atom is 0.469 e. The van der Waals surface area contributed by atoms with Crippen molar-refractivity contribution in [2.75, 3.05) is 19.8 Å². The number of nitrogens with two attached hydrogens (primary N) is 1. The maximum atomic E-state index is 14.1. The highest BCUT2D eigenvalue weighted by Gasteiger charge is 2.37. The molecule has 23 nitrogen and oxygen atoms in total. The van der Waals surface area contributed by atoms with Gasteiger partial charge in [0, 0.05) is 38.3 Å². The molecule has 0 radical (unpaired) electrons. The Kier molecular flexibility index (Phi) is 21.6. The smallest absolute Gasteiger partial charge is 0.396 e. The summed E-state index contributed by atoms with van der Waals surface area (Å²) in [5, 5.41) is 29.5. The summed E-state index contributed by atoms with van der Waals surface area (Å²) in [6, 6.07) is 0.250. The van der Waals surface area contributed by atoms with E-state index in [1.807, 2.05) is 26.0 Å². The van der Waals surface area contributed by atoms with Gasteiger partial charge < -0.3 is 56.2 Å². The van der Waals surface area contributed by atoms with Gasteiger partial charge in [0.05, 0.1) is 47.2 Å². The first-order valence-corrected chi connectivity index (χ1v) is 24.7. The van der Waals surface area contributed by atoms with Crippen LogP contribution in [0, 0.1) is 12.8 Å². The Balaban J connectivity index is 1.42. The van der Waals surface area contributed by atoms with Crippen LogP contribution in [0.1, 0.15) is 89.6 Å². The molecular formula is C43H62Cl2N11O12P. The predicted octanol–water partition coefficient (Wildman–Crippen LogP) is 1.81. The molecule has 0 saturated carbocycles. The molecule has 0 spiro atoms. The normalized spacial score (nSPS) is 16.2. The van der Waals surface area contributed by atoms with Crippen LogP contribution in [0.4, 0.5) is 0 Å². The van der Waals surface area contributed by atoms with Crippen molar-refractivity contribution in [3.05, 3.63) is 63.9 Å². The summed E-state index contributed by atoms with van der Waals surface area (Å²) < 4.78 is 19.3. The second-order valence-electron chi connectivity index (χ2n) is 17.0. The molecule has 4 rings (SSSR count). The first kappa shape index (κ1) is 56.2. The number of aryl methyl sites for hydroxylation is 2. The van der Waals surface area contributed by atoms with Crippen molar-refractivity contribution in [3.8, 4) is 5.69 Å². The minimum absolute atomic E-state index is 0.112. The van der Waals surface area contributed by atoms with Gasteiger partial charge in [-0.15, -0.1) is 0 Å². The zero-order valence-corrected chi connectivity index (χ0v) is 41.5. The average Bonchev–Trinajstić information content (AvgIpc) is 4.02. The lowest BCUT2D eigenvalue weighted by Gasteiger charge is -2.28. The topological polar surface area (TPSA) is 324 Å². The van der Waals surface area contributed by atoms with Gasteiger partial charge >= 0.3 is 7.82 Å². The van der Waals surface area contributed by atoms with E-state index in [2.05, 4.69) is 41.0 Å². The van der Waals surface area contributed by atoms with Gasteiger partial charge in [0.15, 0.2) is 0 Å². The zero-order chi connectivity index (χ0) is 51.0. The van der Waals surface area contributed by atoms with Crippen molar-refractivity contribution in [1.82, 2.24) is 45.5 Å². The number of hydrogen-bond acceptors (Lipinski definition) is 13. The van der Waals surface area contributed by atoms with Gasteiger partial charge in [0.25, 0.3) is 0 Å². The fourth-order valence-electron chi connectivity index (χ4n) is 7.60. The summed E-state index contributed by atoms with van der Waals surface area (Å²) in [7, 11) is -5.13. The number of carbonyl (C=O) groups is 6. The van der Waals surface area contributed by atoms with Crippen LogP contribution < -0.4 is 27.0 Å². The monoisotopic (exact) mass is 1030 g/mol. The number of hydrogen-bond donors (Lipinski definition) is 8. The molecule has 6 amide bonds. The lowest BCUT2D eigenvalue weighted by atomic mass is 10.0. The van der Waals surface area contributed by atoms with E-state index < -0.39 is 80.3 Å². The molecule has 9 N–H and O–H groups in total. The number of phosphoric ester groups is 1. The van der Waals surface area contributed by atoms with Crippen molar-refractivity contribution >= 4 is 72.7 Å². The second-order valence-corrected chi connectivity index (χ2v) is 18.9. The van der Waals surface area contributed by atoms with E-state index in [9.17, 15) is 48.2 Å². The summed E-state index contributed by atoms with van der Waals surface area (Å²) in [5.41, 5.74) is 7.73. The fraction of sp³-hybridized carbons (Fsp3) is 0.558. The third-order valence-corrected chi connectivity index (χ3v) is 12.4. The molecule has 3 aromatic rings. The molecule has 26 heteroatoms. The molecule has 380 valence electrons. The summed E-state index contributed by atoms with van der Waals surface area (Å²) >= 11 is 12.9. The van der Waals surface area contributed by atoms with E-state index in [1.165, 1.54) is 28.9 Å². The van der Waals surface area contributed by atoms with E-state index in [4.69, 9.17) is 33.8 Å². The number of imidazole rings is 1. The molecule has 0 aliphatic carbocycles. The quantitative estimate of drug-likeness (QED) is 0.0234. The molecule has 6 atom stereocenters. The van der Waals surface area contributed by atoms with Crippen LogP contribution in [-0.4, -0.2) is 137 Å². The number of unbranched alkanes of at least 4 members (excludes halogenated alkanes) is 3. The van der Waals surface area contributed by atoms with Crippen LogP contribution in [0.15, 0.2) is 41.9 Å². The number of para-hydroxylation sites is 1. The van der Waals surface area contributed by atoms with Crippen LogP contribution in [-0.2, 0) is 55.7 Å². The Bertz CT molecular complexity index is 2340. The largest absolute Gasteiger partial charge is 0.469 e. The predicted molar refractivity (Wildman–Crippen MR) is 253 cm³/mol. The average molecular weight is 1030 g/mol. The van der Waals surface area contributed by atoms with Gasteiger partial charge in [-0.1, -0.05) is 60.8 Å². The number of halogens is 2. The minimum Gasteiger partial charge on any atom is -0.396 e. The molecule has 1 fully saturated rings. The molecule has 1 aliphatic heterocycles. The molecule has 1 aromatic carbocycles. The van der Waals surface area contributed by atoms with E-state index in [0.717, 1.165) is 19.8 Å². The van der Waals surface area contributed by atoms with Crippen LogP contribution >= 0.6 is 31.0 Å². The maximum absolute atomic E-state index is 14.1. The number of oxime groups is 1. The first-order chi connectivity index (χ1) is 32.6. The number of aromatic nitrogens is 4. The molecule has 69 heavy (non-hydrogen) atoms. The molecular weight excluding hydrogens is 964 g/mol. The van der Waals surface area contributed by atoms with Crippen molar-refractivity contribution in [2.45, 2.75) is 129 Å². The van der Waals surface area contributed by atoms with Crippen LogP contribution in [0.3, 0.4) is 0 Å². The summed E-state index contributed by atoms with van der Waals surface area (Å²) in [5.74, 6) is -5.02. The Labute approximate surface area is 409 Å². The Morgan fingerprint density at radius 1 is 0.971 bits per heavy atom. The lowest BCUT2D eigenvalue weighted by molar-refractivity contribution is -0.139. The van der Waals surface area contributed by atoms with Crippen molar-refractivity contribution in [1.29, 1.82) is 0 Å². The number of nitrogens with zero attached hydrogens (tertiary/aromatic N) is 6. The molecule has 3 heterocycles. The third kappa shape index (κ3) is 16.9. The number of benzene rings is 1.